The third-order valence-corrected chi connectivity index (χ3v) is 2.00. The fourth-order valence-corrected chi connectivity index (χ4v) is 1.32. The maximum absolute atomic E-state index is 11.6. The van der Waals surface area contributed by atoms with Gasteiger partial charge in [0.1, 0.15) is 17.6 Å². The summed E-state index contributed by atoms with van der Waals surface area (Å²) in [6.45, 7) is 5.30. The highest BCUT2D eigenvalue weighted by molar-refractivity contribution is 5.69. The van der Waals surface area contributed by atoms with Gasteiger partial charge in [-0.05, 0) is 20.8 Å². The van der Waals surface area contributed by atoms with Gasteiger partial charge in [0.25, 0.3) is 0 Å². The molecule has 0 fully saturated rings. The Labute approximate surface area is 105 Å². The Morgan fingerprint density at radius 2 is 2.28 bits per heavy atom. The van der Waals surface area contributed by atoms with E-state index >= 15 is 0 Å². The largest absolute Gasteiger partial charge is 0.444 e. The van der Waals surface area contributed by atoms with Crippen molar-refractivity contribution in [3.8, 4) is 0 Å². The Balaban J connectivity index is 2.69. The van der Waals surface area contributed by atoms with Gasteiger partial charge in [-0.2, -0.15) is 0 Å². The van der Waals surface area contributed by atoms with Crippen LogP contribution in [0.5, 0.6) is 0 Å². The number of carbonyl (C=O) groups excluding carboxylic acids is 2. The summed E-state index contributed by atoms with van der Waals surface area (Å²) in [7, 11) is 1.71. The molecule has 1 rings (SSSR count). The minimum atomic E-state index is -0.585. The molecule has 0 aromatic carbocycles. The first-order valence-corrected chi connectivity index (χ1v) is 5.61. The van der Waals surface area contributed by atoms with Crippen LogP contribution in [0, 0.1) is 0 Å². The van der Waals surface area contributed by atoms with Crippen molar-refractivity contribution in [2.45, 2.75) is 38.8 Å². The summed E-state index contributed by atoms with van der Waals surface area (Å²) in [4.78, 5) is 22.2. The zero-order valence-electron chi connectivity index (χ0n) is 11.0. The number of aldehydes is 1. The van der Waals surface area contributed by atoms with Gasteiger partial charge in [-0.1, -0.05) is 5.21 Å². The van der Waals surface area contributed by atoms with Crippen molar-refractivity contribution in [2.75, 3.05) is 0 Å². The minimum Gasteiger partial charge on any atom is -0.444 e. The average molecular weight is 254 g/mol. The molecule has 0 spiro atoms. The van der Waals surface area contributed by atoms with Crippen LogP contribution < -0.4 is 5.32 Å². The molecule has 1 heterocycles. The molecule has 7 heteroatoms. The molecule has 1 N–H and O–H groups in total. The maximum atomic E-state index is 11.6. The van der Waals surface area contributed by atoms with E-state index in [1.165, 1.54) is 4.68 Å². The van der Waals surface area contributed by atoms with E-state index in [9.17, 15) is 9.59 Å². The number of ether oxygens (including phenoxy) is 1. The molecule has 0 radical (unpaired) electrons. The maximum Gasteiger partial charge on any atom is 0.408 e. The lowest BCUT2D eigenvalue weighted by molar-refractivity contribution is -0.108. The molecule has 18 heavy (non-hydrogen) atoms. The number of carbonyl (C=O) groups is 2. The molecule has 0 aliphatic carbocycles. The Kier molecular flexibility index (Phi) is 4.41. The number of rotatable bonds is 4. The second-order valence-corrected chi connectivity index (χ2v) is 4.92. The summed E-state index contributed by atoms with van der Waals surface area (Å²) in [5.41, 5.74) is -0.0616. The molecular weight excluding hydrogens is 236 g/mol. The molecule has 0 aliphatic heterocycles. The van der Waals surface area contributed by atoms with Gasteiger partial charge in [0.15, 0.2) is 0 Å². The lowest BCUT2D eigenvalue weighted by Crippen LogP contribution is -2.35. The lowest BCUT2D eigenvalue weighted by Gasteiger charge is -2.21. The van der Waals surface area contributed by atoms with Gasteiger partial charge in [0, 0.05) is 13.5 Å². The molecule has 1 aromatic heterocycles. The summed E-state index contributed by atoms with van der Waals surface area (Å²) in [6.07, 6.45) is 1.90. The SMILES string of the molecule is Cn1cc([C@H](CC=O)NC(=O)OC(C)(C)C)nn1. The van der Waals surface area contributed by atoms with E-state index in [1.807, 2.05) is 0 Å². The molecule has 0 saturated carbocycles. The Morgan fingerprint density at radius 1 is 1.61 bits per heavy atom. The van der Waals surface area contributed by atoms with Crippen molar-refractivity contribution >= 4 is 12.4 Å². The van der Waals surface area contributed by atoms with E-state index in [0.717, 1.165) is 6.29 Å². The predicted molar refractivity (Wildman–Crippen MR) is 63.8 cm³/mol. The molecule has 0 aliphatic rings. The van der Waals surface area contributed by atoms with Crippen LogP contribution in [0.2, 0.25) is 0 Å². The first-order chi connectivity index (χ1) is 8.31. The van der Waals surface area contributed by atoms with Gasteiger partial charge in [0.05, 0.1) is 12.2 Å². The predicted octanol–water partition coefficient (Wildman–Crippen LogP) is 0.970. The van der Waals surface area contributed by atoms with Crippen LogP contribution in [0.15, 0.2) is 6.20 Å². The van der Waals surface area contributed by atoms with Crippen LogP contribution in [0.25, 0.3) is 0 Å². The summed E-state index contributed by atoms with van der Waals surface area (Å²) < 4.78 is 6.63. The van der Waals surface area contributed by atoms with Crippen LogP contribution in [-0.4, -0.2) is 33.0 Å². The summed E-state index contributed by atoms with van der Waals surface area (Å²) >= 11 is 0. The van der Waals surface area contributed by atoms with Crippen LogP contribution in [0.4, 0.5) is 4.79 Å². The van der Waals surface area contributed by atoms with Crippen molar-refractivity contribution in [1.82, 2.24) is 20.3 Å². The van der Waals surface area contributed by atoms with E-state index in [1.54, 1.807) is 34.0 Å². The quantitative estimate of drug-likeness (QED) is 0.809. The van der Waals surface area contributed by atoms with Gasteiger partial charge < -0.3 is 14.8 Å². The average Bonchev–Trinajstić information content (AvgIpc) is 2.61. The summed E-state index contributed by atoms with van der Waals surface area (Å²) in [6, 6.07) is -0.522. The monoisotopic (exact) mass is 254 g/mol. The number of amides is 1. The Bertz CT molecular complexity index is 422. The zero-order chi connectivity index (χ0) is 13.8. The second-order valence-electron chi connectivity index (χ2n) is 4.92. The van der Waals surface area contributed by atoms with Crippen molar-refractivity contribution < 1.29 is 14.3 Å². The van der Waals surface area contributed by atoms with Crippen LogP contribution in [0.3, 0.4) is 0 Å². The van der Waals surface area contributed by atoms with Crippen molar-refractivity contribution in [3.63, 3.8) is 0 Å². The lowest BCUT2D eigenvalue weighted by atomic mass is 10.1. The van der Waals surface area contributed by atoms with Crippen molar-refractivity contribution in [3.05, 3.63) is 11.9 Å². The van der Waals surface area contributed by atoms with E-state index < -0.39 is 17.7 Å². The van der Waals surface area contributed by atoms with E-state index in [4.69, 9.17) is 4.74 Å². The normalized spacial score (nSPS) is 12.9. The van der Waals surface area contributed by atoms with Crippen LogP contribution >= 0.6 is 0 Å². The molecule has 1 amide bonds. The van der Waals surface area contributed by atoms with Crippen molar-refractivity contribution in [2.24, 2.45) is 7.05 Å². The second kappa shape index (κ2) is 5.61. The van der Waals surface area contributed by atoms with Gasteiger partial charge in [0.2, 0.25) is 0 Å². The third kappa shape index (κ3) is 4.52. The van der Waals surface area contributed by atoms with Gasteiger partial charge >= 0.3 is 6.09 Å². The number of alkyl carbamates (subject to hydrolysis) is 1. The first-order valence-electron chi connectivity index (χ1n) is 5.61. The topological polar surface area (TPSA) is 86.1 Å². The standard InChI is InChI=1S/C11H18N4O3/c1-11(2,3)18-10(17)12-8(5-6-16)9-7-15(4)14-13-9/h6-8H,5H2,1-4H3,(H,12,17)/t8-/m0/s1. The highest BCUT2D eigenvalue weighted by Crippen LogP contribution is 2.14. The fraction of sp³-hybridized carbons (Fsp3) is 0.636. The highest BCUT2D eigenvalue weighted by Gasteiger charge is 2.21. The molecule has 1 atom stereocenters. The molecule has 0 bridgehead atoms. The number of aromatic nitrogens is 3. The smallest absolute Gasteiger partial charge is 0.408 e. The van der Waals surface area contributed by atoms with E-state index in [0.29, 0.717) is 5.69 Å². The molecule has 0 saturated heterocycles. The molecule has 1 aromatic rings. The van der Waals surface area contributed by atoms with E-state index in [2.05, 4.69) is 15.6 Å². The van der Waals surface area contributed by atoms with Crippen molar-refractivity contribution in [1.29, 1.82) is 0 Å². The summed E-state index contributed by atoms with van der Waals surface area (Å²) in [5, 5.41) is 10.2. The number of nitrogens with zero attached hydrogens (tertiary/aromatic N) is 3. The van der Waals surface area contributed by atoms with Gasteiger partial charge in [-0.3, -0.25) is 4.68 Å². The van der Waals surface area contributed by atoms with Gasteiger partial charge in [-0.15, -0.1) is 5.10 Å². The minimum absolute atomic E-state index is 0.123. The Hall–Kier alpha value is -1.92. The molecule has 100 valence electrons. The summed E-state index contributed by atoms with van der Waals surface area (Å²) in [5.74, 6) is 0. The first kappa shape index (κ1) is 14.1. The number of hydrogen-bond donors (Lipinski definition) is 1. The van der Waals surface area contributed by atoms with E-state index in [-0.39, 0.29) is 6.42 Å². The van der Waals surface area contributed by atoms with Crippen LogP contribution in [-0.2, 0) is 16.6 Å². The number of nitrogens with one attached hydrogen (secondary N) is 1. The number of hydrogen-bond acceptors (Lipinski definition) is 5. The highest BCUT2D eigenvalue weighted by atomic mass is 16.6. The third-order valence-electron chi connectivity index (χ3n) is 2.00. The number of aryl methyl sites for hydroxylation is 1. The zero-order valence-corrected chi connectivity index (χ0v) is 11.0. The van der Waals surface area contributed by atoms with Crippen LogP contribution in [0.1, 0.15) is 38.9 Å². The molecular formula is C11H18N4O3. The fourth-order valence-electron chi connectivity index (χ4n) is 1.32. The molecule has 7 nitrogen and oxygen atoms in total. The van der Waals surface area contributed by atoms with Gasteiger partial charge in [-0.25, -0.2) is 4.79 Å². The molecule has 0 unspecified atom stereocenters. The Morgan fingerprint density at radius 3 is 2.72 bits per heavy atom.